The van der Waals surface area contributed by atoms with Crippen molar-refractivity contribution in [1.29, 1.82) is 0 Å². The van der Waals surface area contributed by atoms with Crippen LogP contribution in [0, 0.1) is 5.92 Å². The van der Waals surface area contributed by atoms with Crippen LogP contribution in [0.4, 0.5) is 0 Å². The summed E-state index contributed by atoms with van der Waals surface area (Å²) < 4.78 is 0. The van der Waals surface area contributed by atoms with Crippen LogP contribution in [0.2, 0.25) is 0 Å². The maximum absolute atomic E-state index is 11.2. The zero-order valence-corrected chi connectivity index (χ0v) is 12.4. The van der Waals surface area contributed by atoms with Crippen molar-refractivity contribution in [2.24, 2.45) is 5.92 Å². The van der Waals surface area contributed by atoms with E-state index in [9.17, 15) is 9.59 Å². The van der Waals surface area contributed by atoms with Crippen molar-refractivity contribution < 1.29 is 9.59 Å². The second-order valence-corrected chi connectivity index (χ2v) is 5.53. The van der Waals surface area contributed by atoms with E-state index in [2.05, 4.69) is 22.5 Å². The average molecular weight is 269 g/mol. The fourth-order valence-electron chi connectivity index (χ4n) is 2.88. The van der Waals surface area contributed by atoms with Crippen LogP contribution in [0.1, 0.15) is 40.0 Å². The SMILES string of the molecule is CCCC1CC(NC(C)=O)CN(CCNC(C)=O)C1. The number of amides is 2. The topological polar surface area (TPSA) is 61.4 Å². The summed E-state index contributed by atoms with van der Waals surface area (Å²) in [5, 5.41) is 5.86. The molecule has 1 fully saturated rings. The number of piperidine rings is 1. The van der Waals surface area contributed by atoms with Crippen molar-refractivity contribution in [3.05, 3.63) is 0 Å². The summed E-state index contributed by atoms with van der Waals surface area (Å²) in [6.07, 6.45) is 3.45. The largest absolute Gasteiger partial charge is 0.355 e. The predicted molar refractivity (Wildman–Crippen MR) is 75.7 cm³/mol. The Morgan fingerprint density at radius 3 is 2.53 bits per heavy atom. The second kappa shape index (κ2) is 8.15. The second-order valence-electron chi connectivity index (χ2n) is 5.53. The summed E-state index contributed by atoms with van der Waals surface area (Å²) in [5.41, 5.74) is 0. The van der Waals surface area contributed by atoms with Crippen LogP contribution in [0.15, 0.2) is 0 Å². The lowest BCUT2D eigenvalue weighted by molar-refractivity contribution is -0.120. The fourth-order valence-corrected chi connectivity index (χ4v) is 2.88. The van der Waals surface area contributed by atoms with Gasteiger partial charge in [-0.2, -0.15) is 0 Å². The molecule has 2 atom stereocenters. The Morgan fingerprint density at radius 2 is 1.95 bits per heavy atom. The molecule has 19 heavy (non-hydrogen) atoms. The zero-order valence-electron chi connectivity index (χ0n) is 12.4. The first-order chi connectivity index (χ1) is 9.01. The summed E-state index contributed by atoms with van der Waals surface area (Å²) in [4.78, 5) is 24.4. The number of hydrogen-bond donors (Lipinski definition) is 2. The molecule has 0 radical (unpaired) electrons. The maximum atomic E-state index is 11.2. The average Bonchev–Trinajstić information content (AvgIpc) is 2.27. The monoisotopic (exact) mass is 269 g/mol. The molecule has 2 unspecified atom stereocenters. The highest BCUT2D eigenvalue weighted by molar-refractivity contribution is 5.73. The van der Waals surface area contributed by atoms with E-state index >= 15 is 0 Å². The van der Waals surface area contributed by atoms with Gasteiger partial charge in [-0.05, 0) is 18.8 Å². The number of likely N-dealkylation sites (tertiary alicyclic amines) is 1. The Kier molecular flexibility index (Phi) is 6.84. The van der Waals surface area contributed by atoms with E-state index in [1.807, 2.05) is 0 Å². The van der Waals surface area contributed by atoms with Crippen molar-refractivity contribution in [3.63, 3.8) is 0 Å². The Labute approximate surface area is 116 Å². The van der Waals surface area contributed by atoms with Crippen LogP contribution < -0.4 is 10.6 Å². The van der Waals surface area contributed by atoms with Crippen LogP contribution in [-0.2, 0) is 9.59 Å². The number of carbonyl (C=O) groups excluding carboxylic acids is 2. The Bertz CT molecular complexity index is 307. The summed E-state index contributed by atoms with van der Waals surface area (Å²) in [6, 6.07) is 0.250. The first-order valence-corrected chi connectivity index (χ1v) is 7.25. The van der Waals surface area contributed by atoms with Crippen molar-refractivity contribution >= 4 is 11.8 Å². The molecule has 110 valence electrons. The highest BCUT2D eigenvalue weighted by Gasteiger charge is 2.26. The van der Waals surface area contributed by atoms with E-state index in [-0.39, 0.29) is 17.9 Å². The number of rotatable bonds is 6. The molecule has 0 aliphatic carbocycles. The van der Waals surface area contributed by atoms with Crippen molar-refractivity contribution in [2.75, 3.05) is 26.2 Å². The van der Waals surface area contributed by atoms with Gasteiger partial charge in [-0.15, -0.1) is 0 Å². The van der Waals surface area contributed by atoms with E-state index in [1.54, 1.807) is 6.92 Å². The van der Waals surface area contributed by atoms with Gasteiger partial charge < -0.3 is 10.6 Å². The molecule has 1 rings (SSSR count). The third-order valence-corrected chi connectivity index (χ3v) is 3.52. The molecule has 0 aromatic rings. The maximum Gasteiger partial charge on any atom is 0.217 e. The van der Waals surface area contributed by atoms with Gasteiger partial charge in [0.1, 0.15) is 0 Å². The van der Waals surface area contributed by atoms with Crippen LogP contribution in [-0.4, -0.2) is 48.9 Å². The lowest BCUT2D eigenvalue weighted by atomic mass is 9.90. The Morgan fingerprint density at radius 1 is 1.21 bits per heavy atom. The van der Waals surface area contributed by atoms with E-state index in [0.717, 1.165) is 26.1 Å². The molecule has 2 amide bonds. The molecule has 5 nitrogen and oxygen atoms in total. The van der Waals surface area contributed by atoms with Gasteiger partial charge >= 0.3 is 0 Å². The predicted octanol–water partition coefficient (Wildman–Crippen LogP) is 0.749. The van der Waals surface area contributed by atoms with E-state index in [4.69, 9.17) is 0 Å². The molecule has 0 aromatic carbocycles. The molecule has 0 saturated carbocycles. The summed E-state index contributed by atoms with van der Waals surface area (Å²) in [5.74, 6) is 0.706. The number of nitrogens with one attached hydrogen (secondary N) is 2. The molecule has 2 N–H and O–H groups in total. The molecular weight excluding hydrogens is 242 g/mol. The number of hydrogen-bond acceptors (Lipinski definition) is 3. The minimum atomic E-state index is 0.0144. The van der Waals surface area contributed by atoms with Crippen LogP contribution in [0.3, 0.4) is 0 Å². The van der Waals surface area contributed by atoms with Gasteiger partial charge in [0.15, 0.2) is 0 Å². The molecule has 1 aliphatic heterocycles. The van der Waals surface area contributed by atoms with Crippen molar-refractivity contribution in [2.45, 2.75) is 46.1 Å². The van der Waals surface area contributed by atoms with E-state index in [0.29, 0.717) is 12.5 Å². The summed E-state index contributed by atoms with van der Waals surface area (Å²) in [7, 11) is 0. The van der Waals surface area contributed by atoms with Crippen LogP contribution in [0.5, 0.6) is 0 Å². The number of nitrogens with zero attached hydrogens (tertiary/aromatic N) is 1. The fraction of sp³-hybridized carbons (Fsp3) is 0.857. The van der Waals surface area contributed by atoms with Gasteiger partial charge in [-0.3, -0.25) is 14.5 Å². The quantitative estimate of drug-likeness (QED) is 0.748. The van der Waals surface area contributed by atoms with Gasteiger partial charge in [0, 0.05) is 46.1 Å². The van der Waals surface area contributed by atoms with Crippen LogP contribution >= 0.6 is 0 Å². The van der Waals surface area contributed by atoms with Gasteiger partial charge in [-0.25, -0.2) is 0 Å². The van der Waals surface area contributed by atoms with Gasteiger partial charge in [0.2, 0.25) is 11.8 Å². The lowest BCUT2D eigenvalue weighted by Gasteiger charge is -2.38. The van der Waals surface area contributed by atoms with Crippen LogP contribution in [0.25, 0.3) is 0 Å². The summed E-state index contributed by atoms with van der Waals surface area (Å²) in [6.45, 7) is 8.81. The lowest BCUT2D eigenvalue weighted by Crippen LogP contribution is -2.51. The third-order valence-electron chi connectivity index (χ3n) is 3.52. The minimum Gasteiger partial charge on any atom is -0.355 e. The molecule has 1 heterocycles. The first kappa shape index (κ1) is 16.0. The normalized spacial score (nSPS) is 23.9. The highest BCUT2D eigenvalue weighted by atomic mass is 16.2. The highest BCUT2D eigenvalue weighted by Crippen LogP contribution is 2.21. The Balaban J connectivity index is 2.44. The molecule has 0 aromatic heterocycles. The van der Waals surface area contributed by atoms with E-state index < -0.39 is 0 Å². The third kappa shape index (κ3) is 6.57. The first-order valence-electron chi connectivity index (χ1n) is 7.25. The van der Waals surface area contributed by atoms with Crippen molar-refractivity contribution in [1.82, 2.24) is 15.5 Å². The summed E-state index contributed by atoms with van der Waals surface area (Å²) >= 11 is 0. The molecule has 1 saturated heterocycles. The standard InChI is InChI=1S/C14H27N3O2/c1-4-5-13-8-14(16-12(3)19)10-17(9-13)7-6-15-11(2)18/h13-14H,4-10H2,1-3H3,(H,15,18)(H,16,19). The Hall–Kier alpha value is -1.10. The zero-order chi connectivity index (χ0) is 14.3. The van der Waals surface area contributed by atoms with Gasteiger partial charge in [0.25, 0.3) is 0 Å². The molecular formula is C14H27N3O2. The molecule has 0 bridgehead atoms. The van der Waals surface area contributed by atoms with Gasteiger partial charge in [-0.1, -0.05) is 13.3 Å². The van der Waals surface area contributed by atoms with Crippen molar-refractivity contribution in [3.8, 4) is 0 Å². The molecule has 1 aliphatic rings. The smallest absolute Gasteiger partial charge is 0.217 e. The number of carbonyl (C=O) groups is 2. The van der Waals surface area contributed by atoms with E-state index in [1.165, 1.54) is 19.8 Å². The van der Waals surface area contributed by atoms with Gasteiger partial charge in [0.05, 0.1) is 0 Å². The minimum absolute atomic E-state index is 0.0144. The molecule has 0 spiro atoms. The molecule has 5 heteroatoms.